The maximum atomic E-state index is 13.2. The fourth-order valence-electron chi connectivity index (χ4n) is 1.95. The van der Waals surface area contributed by atoms with Gasteiger partial charge in [-0.25, -0.2) is 4.79 Å². The standard InChI is InChI=1S/C14H21F3N2O3/c1-12(2,3)22-11(21)19-8-13(4,14(15,16)17)10(20)9(19)7-18(5)6/h7H,8H2,1-6H3/b9-7+. The molecule has 1 atom stereocenters. The maximum Gasteiger partial charge on any atom is 0.415 e. The molecule has 0 saturated carbocycles. The second kappa shape index (κ2) is 5.48. The SMILES string of the molecule is CN(C)/C=C1\C(=O)C(C)(C(F)(F)F)CN1C(=O)OC(C)(C)C. The number of likely N-dealkylation sites (tertiary alicyclic amines) is 1. The second-order valence-corrected chi connectivity index (χ2v) is 6.70. The Bertz CT molecular complexity index is 506. The highest BCUT2D eigenvalue weighted by atomic mass is 19.4. The molecule has 1 aliphatic heterocycles. The zero-order valence-corrected chi connectivity index (χ0v) is 13.5. The minimum atomic E-state index is -4.76. The van der Waals surface area contributed by atoms with Crippen molar-refractivity contribution >= 4 is 11.9 Å². The highest BCUT2D eigenvalue weighted by molar-refractivity contribution is 6.05. The van der Waals surface area contributed by atoms with Crippen LogP contribution in [0.5, 0.6) is 0 Å². The predicted molar refractivity (Wildman–Crippen MR) is 73.9 cm³/mol. The second-order valence-electron chi connectivity index (χ2n) is 6.70. The van der Waals surface area contributed by atoms with E-state index in [0.717, 1.165) is 11.8 Å². The molecule has 0 radical (unpaired) electrons. The van der Waals surface area contributed by atoms with E-state index in [2.05, 4.69) is 0 Å². The number of Topliss-reactive ketones (excluding diaryl/α,β-unsaturated/α-hetero) is 1. The van der Waals surface area contributed by atoms with Gasteiger partial charge in [-0.15, -0.1) is 0 Å². The summed E-state index contributed by atoms with van der Waals surface area (Å²) in [7, 11) is 3.10. The van der Waals surface area contributed by atoms with Gasteiger partial charge in [0.25, 0.3) is 0 Å². The number of carbonyl (C=O) groups is 2. The van der Waals surface area contributed by atoms with Gasteiger partial charge in [0.15, 0.2) is 5.78 Å². The smallest absolute Gasteiger partial charge is 0.415 e. The summed E-state index contributed by atoms with van der Waals surface area (Å²) in [6, 6.07) is 0. The number of alkyl halides is 3. The highest BCUT2D eigenvalue weighted by Crippen LogP contribution is 2.46. The van der Waals surface area contributed by atoms with Crippen molar-refractivity contribution in [2.75, 3.05) is 20.6 Å². The van der Waals surface area contributed by atoms with Crippen LogP contribution in [-0.4, -0.2) is 54.1 Å². The summed E-state index contributed by atoms with van der Waals surface area (Å²) in [5, 5.41) is 0. The van der Waals surface area contributed by atoms with Crippen LogP contribution >= 0.6 is 0 Å². The van der Waals surface area contributed by atoms with E-state index in [-0.39, 0.29) is 5.70 Å². The molecule has 22 heavy (non-hydrogen) atoms. The van der Waals surface area contributed by atoms with Gasteiger partial charge in [-0.2, -0.15) is 13.2 Å². The lowest BCUT2D eigenvalue weighted by Crippen LogP contribution is -2.43. The Hall–Kier alpha value is -1.73. The van der Waals surface area contributed by atoms with Crippen LogP contribution in [0.1, 0.15) is 27.7 Å². The van der Waals surface area contributed by atoms with Crippen LogP contribution in [0, 0.1) is 5.41 Å². The molecular weight excluding hydrogens is 301 g/mol. The van der Waals surface area contributed by atoms with E-state index in [9.17, 15) is 22.8 Å². The van der Waals surface area contributed by atoms with Gasteiger partial charge >= 0.3 is 12.3 Å². The number of carbonyl (C=O) groups excluding carboxylic acids is 2. The van der Waals surface area contributed by atoms with Crippen LogP contribution in [0.15, 0.2) is 11.9 Å². The number of hydrogen-bond donors (Lipinski definition) is 0. The predicted octanol–water partition coefficient (Wildman–Crippen LogP) is 2.78. The molecule has 0 aromatic rings. The minimum Gasteiger partial charge on any atom is -0.443 e. The molecule has 0 bridgehead atoms. The number of amides is 1. The molecule has 5 nitrogen and oxygen atoms in total. The molecule has 1 heterocycles. The molecule has 126 valence electrons. The monoisotopic (exact) mass is 322 g/mol. The molecule has 8 heteroatoms. The van der Waals surface area contributed by atoms with Crippen molar-refractivity contribution < 1.29 is 27.5 Å². The van der Waals surface area contributed by atoms with Crippen LogP contribution < -0.4 is 0 Å². The Morgan fingerprint density at radius 3 is 2.18 bits per heavy atom. The van der Waals surface area contributed by atoms with Crippen LogP contribution in [-0.2, 0) is 9.53 Å². The van der Waals surface area contributed by atoms with E-state index in [4.69, 9.17) is 4.74 Å². The lowest BCUT2D eigenvalue weighted by molar-refractivity contribution is -0.209. The van der Waals surface area contributed by atoms with Gasteiger partial charge in [0.2, 0.25) is 0 Å². The van der Waals surface area contributed by atoms with Crippen LogP contribution in [0.3, 0.4) is 0 Å². The average Bonchev–Trinajstić information content (AvgIpc) is 2.51. The van der Waals surface area contributed by atoms with Crippen molar-refractivity contribution in [2.45, 2.75) is 39.5 Å². The van der Waals surface area contributed by atoms with Gasteiger partial charge in [-0.3, -0.25) is 9.69 Å². The highest BCUT2D eigenvalue weighted by Gasteiger charge is 2.63. The van der Waals surface area contributed by atoms with Crippen molar-refractivity contribution in [1.82, 2.24) is 9.80 Å². The molecule has 0 aliphatic carbocycles. The molecule has 0 N–H and O–H groups in total. The van der Waals surface area contributed by atoms with E-state index in [0.29, 0.717) is 0 Å². The molecule has 1 unspecified atom stereocenters. The zero-order chi connectivity index (χ0) is 17.5. The van der Waals surface area contributed by atoms with Crippen molar-refractivity contribution in [3.05, 3.63) is 11.9 Å². The van der Waals surface area contributed by atoms with Crippen molar-refractivity contribution in [1.29, 1.82) is 0 Å². The maximum absolute atomic E-state index is 13.2. The molecule has 1 saturated heterocycles. The molecule has 0 aromatic carbocycles. The summed E-state index contributed by atoms with van der Waals surface area (Å²) in [5.41, 5.74) is -3.83. The quantitative estimate of drug-likeness (QED) is 0.697. The number of hydrogen-bond acceptors (Lipinski definition) is 4. The van der Waals surface area contributed by atoms with Gasteiger partial charge < -0.3 is 9.64 Å². The Morgan fingerprint density at radius 2 is 1.82 bits per heavy atom. The number of rotatable bonds is 1. The first-order valence-electron chi connectivity index (χ1n) is 6.69. The van der Waals surface area contributed by atoms with Gasteiger partial charge in [0.1, 0.15) is 16.7 Å². The third-order valence-electron chi connectivity index (χ3n) is 3.12. The van der Waals surface area contributed by atoms with Gasteiger partial charge in [-0.05, 0) is 27.7 Å². The number of nitrogens with zero attached hydrogens (tertiary/aromatic N) is 2. The van der Waals surface area contributed by atoms with Gasteiger partial charge in [-0.1, -0.05) is 0 Å². The van der Waals surface area contributed by atoms with E-state index >= 15 is 0 Å². The van der Waals surface area contributed by atoms with Crippen molar-refractivity contribution in [3.63, 3.8) is 0 Å². The first kappa shape index (κ1) is 18.3. The van der Waals surface area contributed by atoms with Crippen LogP contribution in [0.2, 0.25) is 0 Å². The normalized spacial score (nSPS) is 24.9. The molecule has 0 aromatic heterocycles. The molecular formula is C14H21F3N2O3. The van der Waals surface area contributed by atoms with Gasteiger partial charge in [0.05, 0.1) is 6.54 Å². The van der Waals surface area contributed by atoms with E-state index in [1.54, 1.807) is 34.9 Å². The molecule has 1 amide bonds. The lowest BCUT2D eigenvalue weighted by Gasteiger charge is -2.27. The molecule has 1 rings (SSSR count). The molecule has 1 aliphatic rings. The molecule has 0 spiro atoms. The summed E-state index contributed by atoms with van der Waals surface area (Å²) >= 11 is 0. The number of ketones is 1. The Morgan fingerprint density at radius 1 is 1.32 bits per heavy atom. The third kappa shape index (κ3) is 3.53. The van der Waals surface area contributed by atoms with E-state index < -0.39 is 35.6 Å². The Labute approximate surface area is 127 Å². The first-order valence-corrected chi connectivity index (χ1v) is 6.69. The third-order valence-corrected chi connectivity index (χ3v) is 3.12. The Balaban J connectivity index is 3.26. The summed E-state index contributed by atoms with van der Waals surface area (Å²) < 4.78 is 44.8. The van der Waals surface area contributed by atoms with E-state index in [1.165, 1.54) is 11.1 Å². The molecule has 1 fully saturated rings. The number of halogens is 3. The van der Waals surface area contributed by atoms with Crippen molar-refractivity contribution in [2.24, 2.45) is 5.41 Å². The van der Waals surface area contributed by atoms with Crippen LogP contribution in [0.25, 0.3) is 0 Å². The van der Waals surface area contributed by atoms with Crippen molar-refractivity contribution in [3.8, 4) is 0 Å². The summed E-state index contributed by atoms with van der Waals surface area (Å²) in [4.78, 5) is 26.5. The largest absolute Gasteiger partial charge is 0.443 e. The average molecular weight is 322 g/mol. The van der Waals surface area contributed by atoms with Gasteiger partial charge in [0, 0.05) is 20.3 Å². The summed E-state index contributed by atoms with van der Waals surface area (Å²) in [5.74, 6) is -1.14. The lowest BCUT2D eigenvalue weighted by atomic mass is 9.87. The topological polar surface area (TPSA) is 49.9 Å². The number of allylic oxidation sites excluding steroid dienone is 1. The van der Waals surface area contributed by atoms with Crippen LogP contribution in [0.4, 0.5) is 18.0 Å². The summed E-state index contributed by atoms with van der Waals surface area (Å²) in [6.45, 7) is 4.80. The fourth-order valence-corrected chi connectivity index (χ4v) is 1.95. The number of ether oxygens (including phenoxy) is 1. The zero-order valence-electron chi connectivity index (χ0n) is 13.5. The minimum absolute atomic E-state index is 0.320. The van der Waals surface area contributed by atoms with E-state index in [1.807, 2.05) is 0 Å². The first-order chi connectivity index (χ1) is 9.69. The fraction of sp³-hybridized carbons (Fsp3) is 0.714. The summed E-state index contributed by atoms with van der Waals surface area (Å²) in [6.07, 6.45) is -4.53. The Kier molecular flexibility index (Phi) is 4.56.